The first kappa shape index (κ1) is 19.8. The van der Waals surface area contributed by atoms with Gasteiger partial charge in [-0.15, -0.1) is 10.2 Å². The quantitative estimate of drug-likeness (QED) is 0.413. The van der Waals surface area contributed by atoms with Crippen LogP contribution in [0.2, 0.25) is 0 Å². The summed E-state index contributed by atoms with van der Waals surface area (Å²) in [5.41, 5.74) is 1.84. The molecule has 30 heavy (non-hydrogen) atoms. The van der Waals surface area contributed by atoms with Crippen molar-refractivity contribution in [1.29, 1.82) is 0 Å². The molecule has 0 atom stereocenters. The molecule has 1 amide bonds. The number of aryl methyl sites for hydroxylation is 2. The van der Waals surface area contributed by atoms with Crippen LogP contribution in [0.15, 0.2) is 41.5 Å². The number of aromatic amines is 1. The summed E-state index contributed by atoms with van der Waals surface area (Å²) in [7, 11) is 0. The molecule has 4 aromatic rings. The number of carbonyl (C=O) groups is 1. The van der Waals surface area contributed by atoms with E-state index in [1.54, 1.807) is 0 Å². The average molecular weight is 407 g/mol. The summed E-state index contributed by atoms with van der Waals surface area (Å²) in [4.78, 5) is 32.5. The van der Waals surface area contributed by atoms with Gasteiger partial charge in [0.2, 0.25) is 11.7 Å². The Morgan fingerprint density at radius 2 is 2.00 bits per heavy atom. The van der Waals surface area contributed by atoms with Gasteiger partial charge in [-0.05, 0) is 18.4 Å². The van der Waals surface area contributed by atoms with E-state index in [-0.39, 0.29) is 18.0 Å². The molecule has 0 saturated heterocycles. The minimum Gasteiger partial charge on any atom is -0.349 e. The second-order valence-electron chi connectivity index (χ2n) is 7.28. The van der Waals surface area contributed by atoms with Gasteiger partial charge in [0.05, 0.1) is 12.9 Å². The highest BCUT2D eigenvalue weighted by molar-refractivity contribution is 5.76. The molecule has 1 aromatic carbocycles. The Hall–Kier alpha value is -3.49. The van der Waals surface area contributed by atoms with E-state index in [2.05, 4.69) is 32.4 Å². The summed E-state index contributed by atoms with van der Waals surface area (Å²) in [5.74, 6) is 0.759. The van der Waals surface area contributed by atoms with Crippen LogP contribution >= 0.6 is 0 Å². The fourth-order valence-corrected chi connectivity index (χ4v) is 3.55. The van der Waals surface area contributed by atoms with E-state index in [0.717, 1.165) is 24.8 Å². The number of H-pyrrole nitrogens is 1. The molecule has 0 aliphatic heterocycles. The first-order valence-electron chi connectivity index (χ1n) is 10.3. The van der Waals surface area contributed by atoms with Crippen LogP contribution in [0.4, 0.5) is 0 Å². The van der Waals surface area contributed by atoms with Crippen molar-refractivity contribution in [1.82, 2.24) is 34.4 Å². The summed E-state index contributed by atoms with van der Waals surface area (Å²) in [6.07, 6.45) is 5.66. The number of aromatic nitrogens is 6. The van der Waals surface area contributed by atoms with Crippen LogP contribution in [-0.4, -0.2) is 35.0 Å². The Labute approximate surface area is 173 Å². The monoisotopic (exact) mass is 407 g/mol. The van der Waals surface area contributed by atoms with Crippen LogP contribution in [0.25, 0.3) is 16.9 Å². The van der Waals surface area contributed by atoms with E-state index in [9.17, 15) is 9.59 Å². The van der Waals surface area contributed by atoms with E-state index < -0.39 is 0 Å². The number of hydrogen-bond acceptors (Lipinski definition) is 5. The molecular formula is C21H25N7O2. The standard InChI is InChI=1S/C21H25N7O2/c1-2-3-7-12-27-19-18(23-14-24-19)20(30)28-16(25-26-21(27)28)13-22-17(29)11-10-15-8-5-4-6-9-15/h4-6,8-9,14H,2-3,7,10-13H2,1H3,(H,22,29)(H,23,24). The molecule has 0 aliphatic carbocycles. The van der Waals surface area contributed by atoms with Crippen LogP contribution in [0, 0.1) is 0 Å². The maximum Gasteiger partial charge on any atom is 0.286 e. The van der Waals surface area contributed by atoms with E-state index in [0.29, 0.717) is 42.2 Å². The van der Waals surface area contributed by atoms with Crippen molar-refractivity contribution >= 4 is 22.8 Å². The normalized spacial score (nSPS) is 11.4. The third-order valence-electron chi connectivity index (χ3n) is 5.16. The third-order valence-corrected chi connectivity index (χ3v) is 5.16. The third kappa shape index (κ3) is 3.96. The zero-order valence-corrected chi connectivity index (χ0v) is 17.0. The summed E-state index contributed by atoms with van der Waals surface area (Å²) < 4.78 is 3.38. The van der Waals surface area contributed by atoms with Crippen molar-refractivity contribution < 1.29 is 4.79 Å². The van der Waals surface area contributed by atoms with Crippen molar-refractivity contribution in [2.75, 3.05) is 0 Å². The van der Waals surface area contributed by atoms with E-state index >= 15 is 0 Å². The van der Waals surface area contributed by atoms with Gasteiger partial charge >= 0.3 is 0 Å². The average Bonchev–Trinajstić information content (AvgIpc) is 3.42. The number of rotatable bonds is 9. The second-order valence-corrected chi connectivity index (χ2v) is 7.28. The van der Waals surface area contributed by atoms with Crippen LogP contribution < -0.4 is 10.9 Å². The largest absolute Gasteiger partial charge is 0.349 e. The predicted octanol–water partition coefficient (Wildman–Crippen LogP) is 2.21. The molecule has 0 unspecified atom stereocenters. The van der Waals surface area contributed by atoms with Crippen molar-refractivity contribution in [2.45, 2.75) is 52.1 Å². The zero-order valence-electron chi connectivity index (χ0n) is 17.0. The summed E-state index contributed by atoms with van der Waals surface area (Å²) in [5, 5.41) is 11.3. The van der Waals surface area contributed by atoms with Gasteiger partial charge in [0, 0.05) is 13.0 Å². The molecule has 4 rings (SSSR count). The number of fused-ring (bicyclic) bond motifs is 2. The van der Waals surface area contributed by atoms with Crippen LogP contribution in [0.1, 0.15) is 44.0 Å². The highest BCUT2D eigenvalue weighted by atomic mass is 16.1. The fourth-order valence-electron chi connectivity index (χ4n) is 3.55. The number of benzene rings is 1. The van der Waals surface area contributed by atoms with Crippen molar-refractivity contribution in [3.8, 4) is 0 Å². The van der Waals surface area contributed by atoms with E-state index in [1.165, 1.54) is 10.7 Å². The highest BCUT2D eigenvalue weighted by Gasteiger charge is 2.18. The highest BCUT2D eigenvalue weighted by Crippen LogP contribution is 2.12. The van der Waals surface area contributed by atoms with Crippen LogP contribution in [0.3, 0.4) is 0 Å². The topological polar surface area (TPSA) is 110 Å². The van der Waals surface area contributed by atoms with Crippen molar-refractivity contribution in [2.24, 2.45) is 0 Å². The molecule has 3 aromatic heterocycles. The molecule has 9 nitrogen and oxygen atoms in total. The number of amides is 1. The van der Waals surface area contributed by atoms with Gasteiger partial charge in [0.15, 0.2) is 11.5 Å². The lowest BCUT2D eigenvalue weighted by Gasteiger charge is -2.09. The van der Waals surface area contributed by atoms with Gasteiger partial charge in [-0.1, -0.05) is 50.1 Å². The van der Waals surface area contributed by atoms with E-state index in [1.807, 2.05) is 34.9 Å². The Morgan fingerprint density at radius 1 is 1.17 bits per heavy atom. The Balaban J connectivity index is 1.54. The summed E-state index contributed by atoms with van der Waals surface area (Å²) in [6, 6.07) is 9.85. The molecule has 0 fully saturated rings. The Morgan fingerprint density at radius 3 is 2.80 bits per heavy atom. The minimum atomic E-state index is -0.261. The number of carbonyl (C=O) groups excluding carboxylic acids is 1. The minimum absolute atomic E-state index is 0.0958. The summed E-state index contributed by atoms with van der Waals surface area (Å²) >= 11 is 0. The molecule has 0 spiro atoms. The number of hydrogen-bond donors (Lipinski definition) is 2. The zero-order chi connectivity index (χ0) is 20.9. The number of nitrogens with one attached hydrogen (secondary N) is 2. The first-order chi connectivity index (χ1) is 14.7. The molecule has 9 heteroatoms. The second kappa shape index (κ2) is 8.89. The molecule has 3 heterocycles. The van der Waals surface area contributed by atoms with Crippen LogP contribution in [0.5, 0.6) is 0 Å². The fraction of sp³-hybridized carbons (Fsp3) is 0.381. The molecular weight excluding hydrogens is 382 g/mol. The predicted molar refractivity (Wildman–Crippen MR) is 113 cm³/mol. The molecule has 0 aliphatic rings. The molecule has 2 N–H and O–H groups in total. The number of imidazole rings is 1. The van der Waals surface area contributed by atoms with Gasteiger partial charge in [-0.3, -0.25) is 14.2 Å². The van der Waals surface area contributed by atoms with Gasteiger partial charge in [0.1, 0.15) is 5.52 Å². The molecule has 156 valence electrons. The Bertz CT molecular complexity index is 1210. The summed E-state index contributed by atoms with van der Waals surface area (Å²) in [6.45, 7) is 2.97. The molecule has 0 radical (unpaired) electrons. The van der Waals surface area contributed by atoms with Crippen molar-refractivity contribution in [3.05, 3.63) is 58.4 Å². The lowest BCUT2D eigenvalue weighted by Crippen LogP contribution is -2.27. The SMILES string of the molecule is CCCCCn1c2nc[nH]c2c(=O)n2c(CNC(=O)CCc3ccccc3)nnc12. The number of nitrogens with zero attached hydrogens (tertiary/aromatic N) is 5. The van der Waals surface area contributed by atoms with Gasteiger partial charge in [0.25, 0.3) is 5.56 Å². The van der Waals surface area contributed by atoms with Crippen molar-refractivity contribution in [3.63, 3.8) is 0 Å². The first-order valence-corrected chi connectivity index (χ1v) is 10.3. The smallest absolute Gasteiger partial charge is 0.286 e. The van der Waals surface area contributed by atoms with Gasteiger partial charge in [-0.2, -0.15) is 0 Å². The Kier molecular flexibility index (Phi) is 5.87. The molecule has 0 bridgehead atoms. The molecule has 0 saturated carbocycles. The van der Waals surface area contributed by atoms with Gasteiger partial charge < -0.3 is 10.3 Å². The lowest BCUT2D eigenvalue weighted by atomic mass is 10.1. The lowest BCUT2D eigenvalue weighted by molar-refractivity contribution is -0.121. The maximum atomic E-state index is 13.0. The van der Waals surface area contributed by atoms with Crippen LogP contribution in [-0.2, 0) is 24.3 Å². The number of unbranched alkanes of at least 4 members (excludes halogenated alkanes) is 2. The van der Waals surface area contributed by atoms with Gasteiger partial charge in [-0.25, -0.2) is 9.38 Å². The maximum absolute atomic E-state index is 13.0. The van der Waals surface area contributed by atoms with E-state index in [4.69, 9.17) is 0 Å².